The molecular formula is C23H22N8O5. The number of aryl methyl sites for hydroxylation is 1. The predicted octanol–water partition coefficient (Wildman–Crippen LogP) is -0.105. The van der Waals surface area contributed by atoms with Crippen LogP contribution >= 0.6 is 0 Å². The average molecular weight is 490 g/mol. The Kier molecular flexibility index (Phi) is 4.88. The zero-order valence-corrected chi connectivity index (χ0v) is 19.3. The van der Waals surface area contributed by atoms with E-state index in [9.17, 15) is 24.3 Å². The third-order valence-corrected chi connectivity index (χ3v) is 6.89. The minimum absolute atomic E-state index is 0.0928. The van der Waals surface area contributed by atoms with Crippen molar-refractivity contribution in [3.63, 3.8) is 0 Å². The lowest BCUT2D eigenvalue weighted by molar-refractivity contribution is -0.136. The van der Waals surface area contributed by atoms with E-state index in [1.807, 2.05) is 0 Å². The molecule has 0 saturated carbocycles. The second kappa shape index (κ2) is 8.00. The minimum atomic E-state index is -0.689. The van der Waals surface area contributed by atoms with Crippen LogP contribution in [0.3, 0.4) is 0 Å². The number of rotatable bonds is 3. The van der Waals surface area contributed by atoms with E-state index in [2.05, 4.69) is 20.7 Å². The number of imide groups is 1. The summed E-state index contributed by atoms with van der Waals surface area (Å²) in [6, 6.07) is 4.46. The minimum Gasteiger partial charge on any atom is -0.504 e. The molecule has 5 heterocycles. The monoisotopic (exact) mass is 490 g/mol. The molecule has 1 fully saturated rings. The number of carbonyl (C=O) groups excluding carboxylic acids is 4. The van der Waals surface area contributed by atoms with Crippen LogP contribution in [0.2, 0.25) is 0 Å². The molecule has 3 aliphatic rings. The molecule has 0 bridgehead atoms. The molecule has 3 aliphatic heterocycles. The molecule has 0 aliphatic carbocycles. The number of carbonyl (C=O) groups is 4. The molecule has 1 saturated heterocycles. The number of aromatic hydroxyl groups is 1. The summed E-state index contributed by atoms with van der Waals surface area (Å²) in [7, 11) is 0. The Bertz CT molecular complexity index is 1460. The van der Waals surface area contributed by atoms with E-state index in [1.165, 1.54) is 15.8 Å². The molecule has 4 amide bonds. The van der Waals surface area contributed by atoms with Gasteiger partial charge in [0.2, 0.25) is 11.8 Å². The highest BCUT2D eigenvalue weighted by Crippen LogP contribution is 2.29. The van der Waals surface area contributed by atoms with Crippen LogP contribution in [-0.2, 0) is 29.2 Å². The van der Waals surface area contributed by atoms with Crippen LogP contribution < -0.4 is 5.32 Å². The maximum absolute atomic E-state index is 13.1. The molecule has 3 aromatic rings. The first-order valence-electron chi connectivity index (χ1n) is 11.5. The Hall–Kier alpha value is -4.55. The van der Waals surface area contributed by atoms with Crippen molar-refractivity contribution < 1.29 is 24.3 Å². The van der Waals surface area contributed by atoms with Gasteiger partial charge in [-0.25, -0.2) is 4.68 Å². The van der Waals surface area contributed by atoms with Crippen LogP contribution in [0.15, 0.2) is 24.4 Å². The van der Waals surface area contributed by atoms with Gasteiger partial charge in [-0.3, -0.25) is 29.2 Å². The molecular weight excluding hydrogens is 468 g/mol. The van der Waals surface area contributed by atoms with E-state index >= 15 is 0 Å². The van der Waals surface area contributed by atoms with Crippen molar-refractivity contribution in [2.45, 2.75) is 45.4 Å². The largest absolute Gasteiger partial charge is 0.504 e. The van der Waals surface area contributed by atoms with Crippen LogP contribution in [-0.4, -0.2) is 75.9 Å². The van der Waals surface area contributed by atoms with Gasteiger partial charge in [0.15, 0.2) is 11.4 Å². The molecule has 2 N–H and O–H groups in total. The van der Waals surface area contributed by atoms with E-state index in [0.717, 1.165) is 5.56 Å². The fourth-order valence-corrected chi connectivity index (χ4v) is 4.96. The van der Waals surface area contributed by atoms with E-state index in [-0.39, 0.29) is 48.7 Å². The van der Waals surface area contributed by atoms with Crippen LogP contribution in [0.5, 0.6) is 5.75 Å². The van der Waals surface area contributed by atoms with Crippen LogP contribution in [0.1, 0.15) is 50.6 Å². The lowest BCUT2D eigenvalue weighted by Gasteiger charge is -2.29. The Labute approximate surface area is 204 Å². The highest BCUT2D eigenvalue weighted by molar-refractivity contribution is 6.05. The van der Waals surface area contributed by atoms with Crippen LogP contribution in [0, 0.1) is 6.92 Å². The number of nitrogens with one attached hydrogen (secondary N) is 1. The van der Waals surface area contributed by atoms with Crippen molar-refractivity contribution in [2.75, 3.05) is 6.54 Å². The van der Waals surface area contributed by atoms with Crippen molar-refractivity contribution in [2.24, 2.45) is 0 Å². The molecule has 1 atom stereocenters. The van der Waals surface area contributed by atoms with Crippen molar-refractivity contribution in [3.05, 3.63) is 52.6 Å². The zero-order valence-electron chi connectivity index (χ0n) is 19.3. The number of benzene rings is 1. The molecule has 13 nitrogen and oxygen atoms in total. The Balaban J connectivity index is 1.20. The summed E-state index contributed by atoms with van der Waals surface area (Å²) in [5, 5.41) is 24.9. The molecule has 2 aromatic heterocycles. The van der Waals surface area contributed by atoms with E-state index in [0.29, 0.717) is 42.1 Å². The quantitative estimate of drug-likeness (QED) is 0.482. The Morgan fingerprint density at radius 2 is 2.00 bits per heavy atom. The number of fused-ring (bicyclic) bond motifs is 2. The molecule has 13 heteroatoms. The first-order chi connectivity index (χ1) is 17.3. The van der Waals surface area contributed by atoms with Gasteiger partial charge in [0.05, 0.1) is 30.7 Å². The third kappa shape index (κ3) is 3.42. The van der Waals surface area contributed by atoms with Gasteiger partial charge in [0, 0.05) is 25.1 Å². The number of hydrogen-bond acceptors (Lipinski definition) is 8. The molecule has 184 valence electrons. The maximum Gasteiger partial charge on any atom is 0.276 e. The normalized spacial score (nSPS) is 19.4. The first kappa shape index (κ1) is 21.9. The van der Waals surface area contributed by atoms with Crippen LogP contribution in [0.4, 0.5) is 0 Å². The summed E-state index contributed by atoms with van der Waals surface area (Å²) < 4.78 is 3.16. The highest BCUT2D eigenvalue weighted by Gasteiger charge is 2.39. The summed E-state index contributed by atoms with van der Waals surface area (Å²) in [4.78, 5) is 52.8. The second-order valence-electron chi connectivity index (χ2n) is 9.12. The highest BCUT2D eigenvalue weighted by atomic mass is 16.3. The molecule has 0 spiro atoms. The summed E-state index contributed by atoms with van der Waals surface area (Å²) in [5.41, 5.74) is 3.09. The van der Waals surface area contributed by atoms with Gasteiger partial charge in [-0.1, -0.05) is 5.21 Å². The average Bonchev–Trinajstić information content (AvgIpc) is 3.55. The lowest BCUT2D eigenvalue weighted by Crippen LogP contribution is -2.52. The second-order valence-corrected chi connectivity index (χ2v) is 9.12. The molecule has 36 heavy (non-hydrogen) atoms. The van der Waals surface area contributed by atoms with Gasteiger partial charge in [-0.15, -0.1) is 5.10 Å². The van der Waals surface area contributed by atoms with Crippen LogP contribution in [0.25, 0.3) is 5.69 Å². The summed E-state index contributed by atoms with van der Waals surface area (Å²) >= 11 is 0. The number of amides is 4. The van der Waals surface area contributed by atoms with Crippen molar-refractivity contribution in [1.82, 2.24) is 39.9 Å². The molecule has 0 radical (unpaired) electrons. The van der Waals surface area contributed by atoms with Gasteiger partial charge in [-0.2, -0.15) is 5.10 Å². The first-order valence-corrected chi connectivity index (χ1v) is 11.5. The summed E-state index contributed by atoms with van der Waals surface area (Å²) in [6.45, 7) is 3.07. The molecule has 6 rings (SSSR count). The van der Waals surface area contributed by atoms with E-state index in [1.54, 1.807) is 34.7 Å². The fourth-order valence-electron chi connectivity index (χ4n) is 4.96. The maximum atomic E-state index is 13.1. The van der Waals surface area contributed by atoms with Gasteiger partial charge in [0.1, 0.15) is 11.7 Å². The fraction of sp³-hybridized carbons (Fsp3) is 0.348. The number of piperidine rings is 1. The van der Waals surface area contributed by atoms with Gasteiger partial charge < -0.3 is 14.9 Å². The Morgan fingerprint density at radius 1 is 1.17 bits per heavy atom. The topological polar surface area (TPSA) is 156 Å². The van der Waals surface area contributed by atoms with Gasteiger partial charge >= 0.3 is 0 Å². The molecule has 1 unspecified atom stereocenters. The number of hydrogen-bond donors (Lipinski definition) is 2. The summed E-state index contributed by atoms with van der Waals surface area (Å²) in [6.07, 6.45) is 2.01. The van der Waals surface area contributed by atoms with Gasteiger partial charge in [-0.05, 0) is 37.1 Å². The van der Waals surface area contributed by atoms with E-state index < -0.39 is 11.9 Å². The van der Waals surface area contributed by atoms with E-state index in [4.69, 9.17) is 0 Å². The van der Waals surface area contributed by atoms with Crippen molar-refractivity contribution in [3.8, 4) is 11.4 Å². The summed E-state index contributed by atoms with van der Waals surface area (Å²) in [5.74, 6) is -1.28. The third-order valence-electron chi connectivity index (χ3n) is 6.89. The SMILES string of the molecule is Cc1nn2c(c1O)CN(C(=O)c1cn(-c3ccc4c(c3)CN(C3CCC(=O)NC3=O)C4=O)nn1)CC2. The predicted molar refractivity (Wildman–Crippen MR) is 121 cm³/mol. The van der Waals surface area contributed by atoms with Gasteiger partial charge in [0.25, 0.3) is 11.8 Å². The Morgan fingerprint density at radius 3 is 2.81 bits per heavy atom. The number of aromatic nitrogens is 5. The lowest BCUT2D eigenvalue weighted by atomic mass is 10.0. The standard InChI is InChI=1S/C23H22N8O5/c1-12-20(33)18-11-28(6-7-30(18)26-12)23(36)16-10-31(27-25-16)14-2-3-15-13(8-14)9-29(22(15)35)17-4-5-19(32)24-21(17)34/h2-3,8,10,17,33H,4-7,9,11H2,1H3,(H,24,32,34). The smallest absolute Gasteiger partial charge is 0.276 e. The van der Waals surface area contributed by atoms with Crippen molar-refractivity contribution >= 4 is 23.6 Å². The van der Waals surface area contributed by atoms with Crippen molar-refractivity contribution in [1.29, 1.82) is 0 Å². The number of nitrogens with zero attached hydrogens (tertiary/aromatic N) is 7. The zero-order chi connectivity index (χ0) is 25.1. The molecule has 1 aromatic carbocycles.